The van der Waals surface area contributed by atoms with Gasteiger partial charge in [-0.2, -0.15) is 5.10 Å². The number of benzene rings is 2. The first kappa shape index (κ1) is 17.9. The van der Waals surface area contributed by atoms with E-state index in [2.05, 4.69) is 14.9 Å². The highest BCUT2D eigenvalue weighted by atomic mass is 32.2. The van der Waals surface area contributed by atoms with Gasteiger partial charge in [-0.15, -0.1) is 0 Å². The van der Waals surface area contributed by atoms with Crippen LogP contribution in [-0.4, -0.2) is 30.4 Å². The molecule has 142 valence electrons. The lowest BCUT2D eigenvalue weighted by atomic mass is 10.1. The maximum Gasteiger partial charge on any atom is 0.266 e. The number of hydrogen-bond donors (Lipinski definition) is 2. The molecule has 0 aliphatic carbocycles. The Balaban J connectivity index is 1.61. The number of hydrogen-bond acceptors (Lipinski definition) is 5. The number of carbonyl (C=O) groups excluding carboxylic acids is 2. The van der Waals surface area contributed by atoms with Gasteiger partial charge in [-0.3, -0.25) is 19.4 Å². The Bertz CT molecular complexity index is 1160. The molecule has 0 radical (unpaired) electrons. The third kappa shape index (κ3) is 2.76. The van der Waals surface area contributed by atoms with Gasteiger partial charge in [-0.1, -0.05) is 12.1 Å². The van der Waals surface area contributed by atoms with Crippen LogP contribution in [0.3, 0.4) is 0 Å². The van der Waals surface area contributed by atoms with Crippen molar-refractivity contribution in [2.45, 2.75) is 18.7 Å². The number of fused-ring (bicyclic) bond motifs is 1. The lowest BCUT2D eigenvalue weighted by Crippen LogP contribution is -2.29. The van der Waals surface area contributed by atoms with E-state index in [0.29, 0.717) is 33.9 Å². The van der Waals surface area contributed by atoms with E-state index in [1.165, 1.54) is 24.3 Å². The lowest BCUT2D eigenvalue weighted by Gasteiger charge is -2.15. The number of aromatic nitrogens is 2. The quantitative estimate of drug-likeness (QED) is 0.659. The average Bonchev–Trinajstić information content (AvgIpc) is 3.13. The van der Waals surface area contributed by atoms with Crippen LogP contribution in [0.2, 0.25) is 0 Å². The number of nitrogens with zero attached hydrogens (tertiary/aromatic N) is 2. The molecule has 1 aliphatic heterocycles. The molecule has 0 saturated heterocycles. The van der Waals surface area contributed by atoms with Crippen molar-refractivity contribution in [3.63, 3.8) is 0 Å². The van der Waals surface area contributed by atoms with Crippen molar-refractivity contribution >= 4 is 33.2 Å². The summed E-state index contributed by atoms with van der Waals surface area (Å²) in [6, 6.07) is 12.7. The fourth-order valence-electron chi connectivity index (χ4n) is 3.25. The van der Waals surface area contributed by atoms with Gasteiger partial charge >= 0.3 is 0 Å². The van der Waals surface area contributed by atoms with Gasteiger partial charge in [-0.25, -0.2) is 13.3 Å². The van der Waals surface area contributed by atoms with Crippen LogP contribution in [0.1, 0.15) is 32.1 Å². The molecule has 9 heteroatoms. The van der Waals surface area contributed by atoms with E-state index in [9.17, 15) is 18.0 Å². The normalized spacial score (nSPS) is 13.7. The van der Waals surface area contributed by atoms with E-state index in [0.717, 1.165) is 4.90 Å². The molecular formula is C19H16N4O4S. The number of H-pyrrole nitrogens is 1. The molecule has 28 heavy (non-hydrogen) atoms. The number of aromatic amines is 1. The average molecular weight is 396 g/mol. The Labute approximate surface area is 161 Å². The van der Waals surface area contributed by atoms with Gasteiger partial charge in [0.15, 0.2) is 0 Å². The Hall–Kier alpha value is -3.46. The van der Waals surface area contributed by atoms with Crippen LogP contribution in [0, 0.1) is 13.8 Å². The van der Waals surface area contributed by atoms with E-state index in [1.807, 2.05) is 0 Å². The molecule has 2 N–H and O–H groups in total. The van der Waals surface area contributed by atoms with E-state index in [1.54, 1.807) is 38.1 Å². The predicted octanol–water partition coefficient (Wildman–Crippen LogP) is 2.63. The summed E-state index contributed by atoms with van der Waals surface area (Å²) in [5, 5.41) is 6.54. The second kappa shape index (κ2) is 6.31. The number of anilines is 2. The van der Waals surface area contributed by atoms with Gasteiger partial charge in [0.25, 0.3) is 21.8 Å². The van der Waals surface area contributed by atoms with Crippen LogP contribution in [0.5, 0.6) is 0 Å². The van der Waals surface area contributed by atoms with Crippen molar-refractivity contribution in [3.8, 4) is 0 Å². The first-order chi connectivity index (χ1) is 13.3. The number of sulfonamides is 1. The minimum atomic E-state index is -3.82. The van der Waals surface area contributed by atoms with Gasteiger partial charge < -0.3 is 0 Å². The lowest BCUT2D eigenvalue weighted by molar-refractivity contribution is 0.0926. The number of imide groups is 1. The summed E-state index contributed by atoms with van der Waals surface area (Å²) < 4.78 is 27.7. The molecule has 0 spiro atoms. The van der Waals surface area contributed by atoms with Gasteiger partial charge in [0.05, 0.1) is 28.2 Å². The number of rotatable bonds is 4. The minimum Gasteiger partial charge on any atom is -0.281 e. The third-order valence-corrected chi connectivity index (χ3v) is 6.14. The smallest absolute Gasteiger partial charge is 0.266 e. The van der Waals surface area contributed by atoms with Gasteiger partial charge in [0.2, 0.25) is 0 Å². The monoisotopic (exact) mass is 396 g/mol. The Kier molecular flexibility index (Phi) is 4.04. The topological polar surface area (TPSA) is 112 Å². The fourth-order valence-corrected chi connectivity index (χ4v) is 4.68. The fraction of sp³-hybridized carbons (Fsp3) is 0.105. The molecule has 2 amide bonds. The summed E-state index contributed by atoms with van der Waals surface area (Å²) in [5.74, 6) is -0.808. The zero-order chi connectivity index (χ0) is 20.1. The van der Waals surface area contributed by atoms with E-state index in [4.69, 9.17) is 0 Å². The van der Waals surface area contributed by atoms with Crippen LogP contribution in [0.15, 0.2) is 53.4 Å². The third-order valence-electron chi connectivity index (χ3n) is 4.50. The summed E-state index contributed by atoms with van der Waals surface area (Å²) in [6.45, 7) is 3.23. The van der Waals surface area contributed by atoms with E-state index in [-0.39, 0.29) is 4.90 Å². The van der Waals surface area contributed by atoms with Crippen LogP contribution in [-0.2, 0) is 10.0 Å². The largest absolute Gasteiger partial charge is 0.281 e. The highest BCUT2D eigenvalue weighted by Crippen LogP contribution is 2.29. The van der Waals surface area contributed by atoms with Gasteiger partial charge in [0.1, 0.15) is 4.90 Å². The number of aryl methyl sites for hydroxylation is 2. The Morgan fingerprint density at radius 2 is 1.50 bits per heavy atom. The van der Waals surface area contributed by atoms with Crippen molar-refractivity contribution < 1.29 is 18.0 Å². The second-order valence-corrected chi connectivity index (χ2v) is 8.03. The van der Waals surface area contributed by atoms with Gasteiger partial charge in [-0.05, 0) is 50.2 Å². The molecule has 0 fully saturated rings. The maximum atomic E-state index is 12.6. The van der Waals surface area contributed by atoms with Crippen molar-refractivity contribution in [2.24, 2.45) is 0 Å². The standard InChI is InChI=1S/C19H16N4O4S/c1-11-17(12(2)21-20-11)28(26,27)22-13-7-9-14(10-8-13)23-18(24)15-5-3-4-6-16(15)19(23)25/h3-10,22H,1-2H3,(H,20,21). The molecule has 1 aliphatic rings. The van der Waals surface area contributed by atoms with Crippen LogP contribution >= 0.6 is 0 Å². The van der Waals surface area contributed by atoms with Crippen molar-refractivity contribution in [3.05, 3.63) is 71.0 Å². The van der Waals surface area contributed by atoms with Crippen molar-refractivity contribution in [2.75, 3.05) is 9.62 Å². The SMILES string of the molecule is Cc1n[nH]c(C)c1S(=O)(=O)Nc1ccc(N2C(=O)c3ccccc3C2=O)cc1. The first-order valence-electron chi connectivity index (χ1n) is 8.42. The number of carbonyl (C=O) groups is 2. The number of nitrogens with one attached hydrogen (secondary N) is 2. The van der Waals surface area contributed by atoms with Crippen LogP contribution < -0.4 is 9.62 Å². The van der Waals surface area contributed by atoms with E-state index < -0.39 is 21.8 Å². The summed E-state index contributed by atoms with van der Waals surface area (Å²) in [4.78, 5) is 26.2. The predicted molar refractivity (Wildman–Crippen MR) is 103 cm³/mol. The molecular weight excluding hydrogens is 380 g/mol. The Morgan fingerprint density at radius 3 is 2.00 bits per heavy atom. The maximum absolute atomic E-state index is 12.6. The van der Waals surface area contributed by atoms with Crippen molar-refractivity contribution in [1.29, 1.82) is 0 Å². The zero-order valence-corrected chi connectivity index (χ0v) is 15.9. The highest BCUT2D eigenvalue weighted by Gasteiger charge is 2.36. The Morgan fingerprint density at radius 1 is 0.929 bits per heavy atom. The molecule has 3 aromatic rings. The highest BCUT2D eigenvalue weighted by molar-refractivity contribution is 7.92. The molecule has 0 bridgehead atoms. The molecule has 0 saturated carbocycles. The summed E-state index contributed by atoms with van der Waals surface area (Å²) in [5.41, 5.74) is 2.18. The zero-order valence-electron chi connectivity index (χ0n) is 15.1. The molecule has 0 atom stereocenters. The molecule has 4 rings (SSSR count). The molecule has 2 aromatic carbocycles. The molecule has 8 nitrogen and oxygen atoms in total. The van der Waals surface area contributed by atoms with Gasteiger partial charge in [0, 0.05) is 5.69 Å². The second-order valence-electron chi connectivity index (χ2n) is 6.41. The molecule has 1 aromatic heterocycles. The summed E-state index contributed by atoms with van der Waals surface area (Å²) >= 11 is 0. The molecule has 2 heterocycles. The molecule has 0 unspecified atom stereocenters. The van der Waals surface area contributed by atoms with E-state index >= 15 is 0 Å². The minimum absolute atomic E-state index is 0.0944. The summed E-state index contributed by atoms with van der Waals surface area (Å²) in [6.07, 6.45) is 0. The summed E-state index contributed by atoms with van der Waals surface area (Å²) in [7, 11) is -3.82. The first-order valence-corrected chi connectivity index (χ1v) is 9.90. The van der Waals surface area contributed by atoms with Crippen LogP contribution in [0.25, 0.3) is 0 Å². The van der Waals surface area contributed by atoms with Crippen molar-refractivity contribution in [1.82, 2.24) is 10.2 Å². The van der Waals surface area contributed by atoms with Crippen LogP contribution in [0.4, 0.5) is 11.4 Å². The number of amides is 2.